The molecule has 0 amide bonds. The second-order valence-electron chi connectivity index (χ2n) is 4.01. The standard InChI is InChI=1S/C12H18O/c1-9(2)8-10(3)11-6-4-5-7-12(11)13/h8H,4-7H2,1-3H3/b11-10-. The molecule has 0 unspecified atom stereocenters. The maximum Gasteiger partial charge on any atom is 0.159 e. The van der Waals surface area contributed by atoms with Crippen molar-refractivity contribution < 1.29 is 4.79 Å². The molecule has 0 saturated heterocycles. The van der Waals surface area contributed by atoms with Crippen molar-refractivity contribution in [2.45, 2.75) is 46.5 Å². The van der Waals surface area contributed by atoms with Crippen LogP contribution in [0.15, 0.2) is 22.8 Å². The van der Waals surface area contributed by atoms with Gasteiger partial charge in [-0.2, -0.15) is 0 Å². The maximum atomic E-state index is 11.5. The lowest BCUT2D eigenvalue weighted by Crippen LogP contribution is -2.09. The van der Waals surface area contributed by atoms with E-state index in [4.69, 9.17) is 0 Å². The molecule has 72 valence electrons. The number of carbonyl (C=O) groups is 1. The average molecular weight is 178 g/mol. The van der Waals surface area contributed by atoms with Crippen molar-refractivity contribution >= 4 is 5.78 Å². The largest absolute Gasteiger partial charge is 0.295 e. The first-order valence-corrected chi connectivity index (χ1v) is 4.99. The van der Waals surface area contributed by atoms with Crippen LogP contribution in [0.2, 0.25) is 0 Å². The van der Waals surface area contributed by atoms with Crippen molar-refractivity contribution in [1.29, 1.82) is 0 Å². The minimum absolute atomic E-state index is 0.362. The summed E-state index contributed by atoms with van der Waals surface area (Å²) in [5, 5.41) is 0. The van der Waals surface area contributed by atoms with Crippen LogP contribution in [0.25, 0.3) is 0 Å². The summed E-state index contributed by atoms with van der Waals surface area (Å²) in [5.74, 6) is 0.362. The number of hydrogen-bond donors (Lipinski definition) is 0. The highest BCUT2D eigenvalue weighted by atomic mass is 16.1. The fourth-order valence-electron chi connectivity index (χ4n) is 1.81. The van der Waals surface area contributed by atoms with Gasteiger partial charge in [0.05, 0.1) is 0 Å². The zero-order valence-corrected chi connectivity index (χ0v) is 8.81. The summed E-state index contributed by atoms with van der Waals surface area (Å²) in [6.07, 6.45) is 6.09. The van der Waals surface area contributed by atoms with Crippen LogP contribution in [0.5, 0.6) is 0 Å². The number of ketones is 1. The topological polar surface area (TPSA) is 17.1 Å². The highest BCUT2D eigenvalue weighted by Crippen LogP contribution is 2.23. The van der Waals surface area contributed by atoms with E-state index in [1.807, 2.05) is 6.92 Å². The first kappa shape index (κ1) is 10.2. The Kier molecular flexibility index (Phi) is 3.47. The molecule has 0 N–H and O–H groups in total. The van der Waals surface area contributed by atoms with Crippen molar-refractivity contribution in [3.63, 3.8) is 0 Å². The van der Waals surface area contributed by atoms with Crippen LogP contribution in [-0.2, 0) is 4.79 Å². The molecule has 1 nitrogen and oxygen atoms in total. The molecular formula is C12H18O. The molecule has 0 radical (unpaired) electrons. The quantitative estimate of drug-likeness (QED) is 0.562. The van der Waals surface area contributed by atoms with Crippen molar-refractivity contribution in [3.05, 3.63) is 22.8 Å². The van der Waals surface area contributed by atoms with Crippen molar-refractivity contribution in [3.8, 4) is 0 Å². The van der Waals surface area contributed by atoms with Crippen LogP contribution in [-0.4, -0.2) is 5.78 Å². The summed E-state index contributed by atoms with van der Waals surface area (Å²) in [6, 6.07) is 0. The summed E-state index contributed by atoms with van der Waals surface area (Å²) < 4.78 is 0. The molecule has 0 heterocycles. The smallest absolute Gasteiger partial charge is 0.159 e. The Bertz CT molecular complexity index is 265. The van der Waals surface area contributed by atoms with Gasteiger partial charge in [0.15, 0.2) is 5.78 Å². The van der Waals surface area contributed by atoms with E-state index in [2.05, 4.69) is 19.9 Å². The van der Waals surface area contributed by atoms with E-state index in [1.54, 1.807) is 0 Å². The van der Waals surface area contributed by atoms with E-state index in [0.717, 1.165) is 24.8 Å². The molecule has 0 aromatic rings. The maximum absolute atomic E-state index is 11.5. The SMILES string of the molecule is CC(C)=C/C(C)=C1/CCCCC1=O. The van der Waals surface area contributed by atoms with E-state index < -0.39 is 0 Å². The Labute approximate surface area is 80.5 Å². The monoisotopic (exact) mass is 178 g/mol. The molecule has 0 atom stereocenters. The minimum Gasteiger partial charge on any atom is -0.295 e. The van der Waals surface area contributed by atoms with Crippen molar-refractivity contribution in [2.24, 2.45) is 0 Å². The van der Waals surface area contributed by atoms with E-state index >= 15 is 0 Å². The first-order valence-electron chi connectivity index (χ1n) is 4.99. The van der Waals surface area contributed by atoms with Gasteiger partial charge in [-0.15, -0.1) is 0 Å². The molecular weight excluding hydrogens is 160 g/mol. The average Bonchev–Trinajstić information content (AvgIpc) is 2.03. The third-order valence-corrected chi connectivity index (χ3v) is 2.40. The molecule has 1 aliphatic rings. The van der Waals surface area contributed by atoms with Crippen LogP contribution in [0, 0.1) is 0 Å². The van der Waals surface area contributed by atoms with E-state index in [1.165, 1.54) is 17.6 Å². The summed E-state index contributed by atoms with van der Waals surface area (Å²) >= 11 is 0. The third kappa shape index (κ3) is 2.83. The molecule has 1 rings (SSSR count). The lowest BCUT2D eigenvalue weighted by atomic mass is 9.90. The second kappa shape index (κ2) is 4.40. The summed E-state index contributed by atoms with van der Waals surface area (Å²) in [7, 11) is 0. The van der Waals surface area contributed by atoms with Crippen molar-refractivity contribution in [2.75, 3.05) is 0 Å². The molecule has 1 heteroatoms. The normalized spacial score (nSPS) is 21.3. The van der Waals surface area contributed by atoms with E-state index in [9.17, 15) is 4.79 Å². The van der Waals surface area contributed by atoms with Gasteiger partial charge in [0.1, 0.15) is 0 Å². The van der Waals surface area contributed by atoms with Gasteiger partial charge >= 0.3 is 0 Å². The molecule has 0 bridgehead atoms. The summed E-state index contributed by atoms with van der Waals surface area (Å²) in [5.41, 5.74) is 3.50. The molecule has 0 aliphatic heterocycles. The van der Waals surface area contributed by atoms with Crippen molar-refractivity contribution in [1.82, 2.24) is 0 Å². The van der Waals surface area contributed by atoms with Gasteiger partial charge in [0, 0.05) is 6.42 Å². The molecule has 1 aliphatic carbocycles. The third-order valence-electron chi connectivity index (χ3n) is 2.40. The van der Waals surface area contributed by atoms with Gasteiger partial charge in [-0.3, -0.25) is 4.79 Å². The van der Waals surface area contributed by atoms with Gasteiger partial charge in [-0.1, -0.05) is 11.6 Å². The molecule has 0 aromatic carbocycles. The highest BCUT2D eigenvalue weighted by molar-refractivity contribution is 5.97. The zero-order chi connectivity index (χ0) is 9.84. The lowest BCUT2D eigenvalue weighted by molar-refractivity contribution is -0.116. The van der Waals surface area contributed by atoms with Gasteiger partial charge < -0.3 is 0 Å². The van der Waals surface area contributed by atoms with E-state index in [0.29, 0.717) is 5.78 Å². The van der Waals surface area contributed by atoms with Crippen LogP contribution < -0.4 is 0 Å². The number of hydrogen-bond acceptors (Lipinski definition) is 1. The van der Waals surface area contributed by atoms with Crippen LogP contribution in [0.4, 0.5) is 0 Å². The van der Waals surface area contributed by atoms with Crippen LogP contribution in [0.1, 0.15) is 46.5 Å². The number of allylic oxidation sites excluding steroid dienone is 4. The summed E-state index contributed by atoms with van der Waals surface area (Å²) in [6.45, 7) is 6.18. The Balaban J connectivity index is 2.88. The highest BCUT2D eigenvalue weighted by Gasteiger charge is 2.16. The predicted octanol–water partition coefficient (Wildman–Crippen LogP) is 3.41. The molecule has 0 spiro atoms. The number of carbonyl (C=O) groups excluding carboxylic acids is 1. The number of Topliss-reactive ketones (excluding diaryl/α,β-unsaturated/α-hetero) is 1. The minimum atomic E-state index is 0.362. The van der Waals surface area contributed by atoms with Gasteiger partial charge in [0.25, 0.3) is 0 Å². The fourth-order valence-corrected chi connectivity index (χ4v) is 1.81. The second-order valence-corrected chi connectivity index (χ2v) is 4.01. The van der Waals surface area contributed by atoms with Crippen LogP contribution in [0.3, 0.4) is 0 Å². The predicted molar refractivity (Wildman–Crippen MR) is 55.6 cm³/mol. The van der Waals surface area contributed by atoms with Gasteiger partial charge in [-0.05, 0) is 51.2 Å². The van der Waals surface area contributed by atoms with E-state index in [-0.39, 0.29) is 0 Å². The fraction of sp³-hybridized carbons (Fsp3) is 0.583. The van der Waals surface area contributed by atoms with Gasteiger partial charge in [0.2, 0.25) is 0 Å². The van der Waals surface area contributed by atoms with Crippen LogP contribution >= 0.6 is 0 Å². The molecule has 1 fully saturated rings. The Morgan fingerprint density at radius 1 is 1.15 bits per heavy atom. The molecule has 13 heavy (non-hydrogen) atoms. The molecule has 1 saturated carbocycles. The van der Waals surface area contributed by atoms with Gasteiger partial charge in [-0.25, -0.2) is 0 Å². The zero-order valence-electron chi connectivity index (χ0n) is 8.81. The number of rotatable bonds is 1. The Morgan fingerprint density at radius 3 is 2.31 bits per heavy atom. The Morgan fingerprint density at radius 2 is 1.77 bits per heavy atom. The first-order chi connectivity index (χ1) is 6.11. The molecule has 0 aromatic heterocycles. The lowest BCUT2D eigenvalue weighted by Gasteiger charge is -2.14. The Hall–Kier alpha value is -0.850. The summed E-state index contributed by atoms with van der Waals surface area (Å²) in [4.78, 5) is 11.5.